The Morgan fingerprint density at radius 1 is 1.05 bits per heavy atom. The molecule has 2 N–H and O–H groups in total. The van der Waals surface area contributed by atoms with Crippen molar-refractivity contribution in [3.63, 3.8) is 0 Å². The van der Waals surface area contributed by atoms with Crippen molar-refractivity contribution in [3.8, 4) is 0 Å². The third kappa shape index (κ3) is 2.59. The van der Waals surface area contributed by atoms with Crippen LogP contribution in [0.25, 0.3) is 10.8 Å². The van der Waals surface area contributed by atoms with Gasteiger partial charge in [-0.25, -0.2) is 0 Å². The summed E-state index contributed by atoms with van der Waals surface area (Å²) in [5, 5.41) is 1.42. The molecule has 19 heavy (non-hydrogen) atoms. The van der Waals surface area contributed by atoms with Crippen LogP contribution in [0.5, 0.6) is 0 Å². The Morgan fingerprint density at radius 2 is 1.74 bits per heavy atom. The van der Waals surface area contributed by atoms with E-state index in [4.69, 9.17) is 5.73 Å². The van der Waals surface area contributed by atoms with Crippen LogP contribution in [0.4, 0.5) is 13.2 Å². The number of rotatable bonds is 2. The van der Waals surface area contributed by atoms with E-state index in [1.165, 1.54) is 12.1 Å². The van der Waals surface area contributed by atoms with Crippen molar-refractivity contribution in [2.24, 2.45) is 5.73 Å². The Kier molecular flexibility index (Phi) is 3.31. The smallest absolute Gasteiger partial charge is 0.330 e. The number of hydrogen-bond acceptors (Lipinski definition) is 1. The van der Waals surface area contributed by atoms with Crippen LogP contribution in [0, 0.1) is 0 Å². The molecule has 0 saturated heterocycles. The van der Waals surface area contributed by atoms with Gasteiger partial charge in [-0.2, -0.15) is 13.2 Å². The first-order valence-corrected chi connectivity index (χ1v) is 6.06. The first-order chi connectivity index (χ1) is 8.75. The molecule has 0 radical (unpaired) electrons. The van der Waals surface area contributed by atoms with E-state index >= 15 is 0 Å². The van der Waals surface area contributed by atoms with Crippen molar-refractivity contribution in [2.75, 3.05) is 6.54 Å². The summed E-state index contributed by atoms with van der Waals surface area (Å²) >= 11 is 0. The molecule has 102 valence electrons. The molecule has 0 spiro atoms. The van der Waals surface area contributed by atoms with Gasteiger partial charge in [0.25, 0.3) is 0 Å². The highest BCUT2D eigenvalue weighted by atomic mass is 19.4. The maximum absolute atomic E-state index is 12.8. The Labute approximate surface area is 110 Å². The zero-order valence-electron chi connectivity index (χ0n) is 10.9. The molecule has 0 heterocycles. The van der Waals surface area contributed by atoms with Crippen LogP contribution in [0.3, 0.4) is 0 Å². The topological polar surface area (TPSA) is 26.0 Å². The maximum Gasteiger partial charge on any atom is 0.416 e. The SMILES string of the molecule is CC(C)(CN)c1cccc2ccc(C(F)(F)F)cc12. The van der Waals surface area contributed by atoms with E-state index in [0.717, 1.165) is 17.0 Å². The lowest BCUT2D eigenvalue weighted by molar-refractivity contribution is -0.137. The van der Waals surface area contributed by atoms with E-state index in [1.54, 1.807) is 0 Å². The second-order valence-electron chi connectivity index (χ2n) is 5.33. The molecular formula is C15H16F3N. The van der Waals surface area contributed by atoms with Crippen molar-refractivity contribution in [1.82, 2.24) is 0 Å². The number of alkyl halides is 3. The predicted octanol–water partition coefficient (Wildman–Crippen LogP) is 4.09. The fraction of sp³-hybridized carbons (Fsp3) is 0.333. The van der Waals surface area contributed by atoms with Gasteiger partial charge >= 0.3 is 6.18 Å². The first kappa shape index (κ1) is 13.9. The standard InChI is InChI=1S/C15H16F3N/c1-14(2,9-19)13-5-3-4-10-6-7-11(8-12(10)13)15(16,17)18/h3-8H,9,19H2,1-2H3. The zero-order valence-corrected chi connectivity index (χ0v) is 10.9. The van der Waals surface area contributed by atoms with Crippen molar-refractivity contribution in [3.05, 3.63) is 47.5 Å². The highest BCUT2D eigenvalue weighted by Gasteiger charge is 2.31. The monoisotopic (exact) mass is 267 g/mol. The number of nitrogens with two attached hydrogens (primary N) is 1. The Balaban J connectivity index is 2.72. The average Bonchev–Trinajstić information content (AvgIpc) is 2.36. The minimum absolute atomic E-state index is 0.357. The summed E-state index contributed by atoms with van der Waals surface area (Å²) in [4.78, 5) is 0. The van der Waals surface area contributed by atoms with Gasteiger partial charge in [-0.3, -0.25) is 0 Å². The molecular weight excluding hydrogens is 251 g/mol. The van der Waals surface area contributed by atoms with E-state index < -0.39 is 11.7 Å². The molecule has 0 aliphatic carbocycles. The molecule has 0 aromatic heterocycles. The highest BCUT2D eigenvalue weighted by molar-refractivity contribution is 5.87. The summed E-state index contributed by atoms with van der Waals surface area (Å²) in [6.45, 7) is 4.24. The van der Waals surface area contributed by atoms with Crippen molar-refractivity contribution in [2.45, 2.75) is 25.4 Å². The van der Waals surface area contributed by atoms with E-state index in [-0.39, 0.29) is 5.41 Å². The van der Waals surface area contributed by atoms with Gasteiger partial charge in [0, 0.05) is 12.0 Å². The van der Waals surface area contributed by atoms with Crippen molar-refractivity contribution >= 4 is 10.8 Å². The lowest BCUT2D eigenvalue weighted by Crippen LogP contribution is -2.28. The number of benzene rings is 2. The molecule has 0 saturated carbocycles. The molecule has 4 heteroatoms. The molecule has 1 nitrogen and oxygen atoms in total. The molecule has 0 aliphatic rings. The van der Waals surface area contributed by atoms with E-state index in [9.17, 15) is 13.2 Å². The van der Waals surface area contributed by atoms with Crippen molar-refractivity contribution in [1.29, 1.82) is 0 Å². The van der Waals surface area contributed by atoms with Gasteiger partial charge in [0.15, 0.2) is 0 Å². The normalized spacial score (nSPS) is 12.9. The van der Waals surface area contributed by atoms with Gasteiger partial charge in [-0.15, -0.1) is 0 Å². The summed E-state index contributed by atoms with van der Waals surface area (Å²) < 4.78 is 38.4. The predicted molar refractivity (Wildman–Crippen MR) is 71.0 cm³/mol. The summed E-state index contributed by atoms with van der Waals surface area (Å²) in [6.07, 6.45) is -4.33. The van der Waals surface area contributed by atoms with Crippen LogP contribution in [0.2, 0.25) is 0 Å². The summed E-state index contributed by atoms with van der Waals surface area (Å²) in [7, 11) is 0. The van der Waals surface area contributed by atoms with Gasteiger partial charge in [0.1, 0.15) is 0 Å². The molecule has 0 bridgehead atoms. The van der Waals surface area contributed by atoms with E-state index in [0.29, 0.717) is 11.9 Å². The van der Waals surface area contributed by atoms with Crippen molar-refractivity contribution < 1.29 is 13.2 Å². The average molecular weight is 267 g/mol. The van der Waals surface area contributed by atoms with Crippen LogP contribution >= 0.6 is 0 Å². The van der Waals surface area contributed by atoms with Crippen LogP contribution < -0.4 is 5.73 Å². The molecule has 0 amide bonds. The molecule has 2 aromatic carbocycles. The van der Waals surface area contributed by atoms with Gasteiger partial charge in [0.2, 0.25) is 0 Å². The van der Waals surface area contributed by atoms with E-state index in [1.807, 2.05) is 32.0 Å². The van der Waals surface area contributed by atoms with Gasteiger partial charge in [-0.1, -0.05) is 38.1 Å². The molecule has 2 aromatic rings. The van der Waals surface area contributed by atoms with Crippen LogP contribution in [-0.2, 0) is 11.6 Å². The summed E-state index contributed by atoms with van der Waals surface area (Å²) in [6, 6.07) is 9.33. The lowest BCUT2D eigenvalue weighted by atomic mass is 9.81. The zero-order chi connectivity index (χ0) is 14.3. The number of fused-ring (bicyclic) bond motifs is 1. The number of halogens is 3. The Hall–Kier alpha value is -1.55. The number of hydrogen-bond donors (Lipinski definition) is 1. The fourth-order valence-corrected chi connectivity index (χ4v) is 2.15. The second kappa shape index (κ2) is 4.53. The van der Waals surface area contributed by atoms with Crippen LogP contribution in [0.1, 0.15) is 25.0 Å². The van der Waals surface area contributed by atoms with Crippen LogP contribution in [0.15, 0.2) is 36.4 Å². The fourth-order valence-electron chi connectivity index (χ4n) is 2.15. The molecule has 0 atom stereocenters. The largest absolute Gasteiger partial charge is 0.416 e. The van der Waals surface area contributed by atoms with Gasteiger partial charge < -0.3 is 5.73 Å². The Bertz CT molecular complexity index is 600. The molecule has 2 rings (SSSR count). The minimum Gasteiger partial charge on any atom is -0.330 e. The third-order valence-electron chi connectivity index (χ3n) is 3.45. The minimum atomic E-state index is -4.33. The highest BCUT2D eigenvalue weighted by Crippen LogP contribution is 2.35. The quantitative estimate of drug-likeness (QED) is 0.871. The maximum atomic E-state index is 12.8. The summed E-state index contributed by atoms with van der Waals surface area (Å²) in [5.74, 6) is 0. The van der Waals surface area contributed by atoms with Gasteiger partial charge in [-0.05, 0) is 28.5 Å². The van der Waals surface area contributed by atoms with Gasteiger partial charge in [0.05, 0.1) is 5.56 Å². The Morgan fingerprint density at radius 3 is 2.32 bits per heavy atom. The third-order valence-corrected chi connectivity index (χ3v) is 3.45. The molecule has 0 aliphatic heterocycles. The summed E-state index contributed by atoms with van der Waals surface area (Å²) in [5.41, 5.74) is 5.59. The molecule has 0 fully saturated rings. The lowest BCUT2D eigenvalue weighted by Gasteiger charge is -2.25. The first-order valence-electron chi connectivity index (χ1n) is 6.06. The van der Waals surface area contributed by atoms with E-state index in [2.05, 4.69) is 0 Å². The second-order valence-corrected chi connectivity index (χ2v) is 5.33. The molecule has 0 unspecified atom stereocenters. The van der Waals surface area contributed by atoms with Crippen LogP contribution in [-0.4, -0.2) is 6.54 Å².